The van der Waals surface area contributed by atoms with Gasteiger partial charge in [-0.05, 0) is 70.6 Å². The predicted octanol–water partition coefficient (Wildman–Crippen LogP) is 13.2. The SMILES string of the molecule is CC/C=C\C/C=C\C/C=C\CCCCCCCCCCOCC(COP(=O)(O)OCCN)OC(=O)CCCCCCCCC/C=C\CCCCCCCC. The van der Waals surface area contributed by atoms with E-state index in [1.165, 1.54) is 116 Å². The number of carbonyl (C=O) groups is 1. The van der Waals surface area contributed by atoms with Crippen molar-refractivity contribution in [3.05, 3.63) is 48.6 Å². The van der Waals surface area contributed by atoms with Crippen molar-refractivity contribution in [2.75, 3.05) is 33.0 Å². The lowest BCUT2D eigenvalue weighted by atomic mass is 10.1. The number of hydrogen-bond donors (Lipinski definition) is 2. The number of esters is 1. The number of allylic oxidation sites excluding steroid dienone is 8. The molecule has 0 aliphatic heterocycles. The molecule has 9 heteroatoms. The Balaban J connectivity index is 4.03. The van der Waals surface area contributed by atoms with Crippen molar-refractivity contribution >= 4 is 13.8 Å². The lowest BCUT2D eigenvalue weighted by molar-refractivity contribution is -0.154. The molecule has 8 nitrogen and oxygen atoms in total. The van der Waals surface area contributed by atoms with E-state index in [0.717, 1.165) is 57.8 Å². The molecule has 0 radical (unpaired) electrons. The molecular weight excluding hydrogens is 697 g/mol. The van der Waals surface area contributed by atoms with Crippen molar-refractivity contribution in [2.24, 2.45) is 5.73 Å². The maximum atomic E-state index is 12.6. The van der Waals surface area contributed by atoms with Gasteiger partial charge in [-0.1, -0.05) is 165 Å². The summed E-state index contributed by atoms with van der Waals surface area (Å²) in [5.41, 5.74) is 5.37. The molecule has 0 saturated carbocycles. The molecule has 0 rings (SSSR count). The lowest BCUT2D eigenvalue weighted by Gasteiger charge is -2.20. The fourth-order valence-electron chi connectivity index (χ4n) is 6.01. The summed E-state index contributed by atoms with van der Waals surface area (Å²) < 4.78 is 33.4. The summed E-state index contributed by atoms with van der Waals surface area (Å²) in [6.45, 7) is 4.79. The fraction of sp³-hybridized carbons (Fsp3) is 0.800. The van der Waals surface area contributed by atoms with Gasteiger partial charge in [0, 0.05) is 19.6 Å². The molecular formula is C45H84NO7P. The molecule has 0 aliphatic carbocycles. The summed E-state index contributed by atoms with van der Waals surface area (Å²) in [5.74, 6) is -0.338. The van der Waals surface area contributed by atoms with E-state index >= 15 is 0 Å². The zero-order valence-corrected chi connectivity index (χ0v) is 35.8. The Morgan fingerprint density at radius 1 is 0.574 bits per heavy atom. The maximum absolute atomic E-state index is 12.6. The average Bonchev–Trinajstić information content (AvgIpc) is 3.16. The molecule has 0 saturated heterocycles. The van der Waals surface area contributed by atoms with E-state index in [1.54, 1.807) is 0 Å². The molecule has 0 heterocycles. The second-order valence-electron chi connectivity index (χ2n) is 14.5. The Bertz CT molecular complexity index is 968. The first-order chi connectivity index (χ1) is 26.4. The molecule has 54 heavy (non-hydrogen) atoms. The Hall–Kier alpha value is -1.54. The van der Waals surface area contributed by atoms with Crippen molar-refractivity contribution in [3.63, 3.8) is 0 Å². The minimum Gasteiger partial charge on any atom is -0.457 e. The quantitative estimate of drug-likeness (QED) is 0.0272. The zero-order chi connectivity index (χ0) is 39.5. The van der Waals surface area contributed by atoms with Crippen LogP contribution in [0.5, 0.6) is 0 Å². The van der Waals surface area contributed by atoms with Crippen molar-refractivity contribution in [3.8, 4) is 0 Å². The molecule has 0 amide bonds. The van der Waals surface area contributed by atoms with E-state index in [4.69, 9.17) is 24.3 Å². The Kier molecular flexibility index (Phi) is 41.4. The summed E-state index contributed by atoms with van der Waals surface area (Å²) in [6.07, 6.45) is 49.8. The molecule has 0 fully saturated rings. The monoisotopic (exact) mass is 782 g/mol. The third-order valence-corrected chi connectivity index (χ3v) is 10.2. The van der Waals surface area contributed by atoms with Crippen LogP contribution < -0.4 is 5.73 Å². The highest BCUT2D eigenvalue weighted by atomic mass is 31.2. The van der Waals surface area contributed by atoms with Crippen molar-refractivity contribution in [2.45, 2.75) is 200 Å². The van der Waals surface area contributed by atoms with Crippen LogP contribution >= 0.6 is 7.82 Å². The van der Waals surface area contributed by atoms with E-state index in [2.05, 4.69) is 62.5 Å². The summed E-state index contributed by atoms with van der Waals surface area (Å²) >= 11 is 0. The van der Waals surface area contributed by atoms with Gasteiger partial charge in [0.25, 0.3) is 0 Å². The van der Waals surface area contributed by atoms with Gasteiger partial charge in [0.05, 0.1) is 19.8 Å². The number of phosphoric ester groups is 1. The van der Waals surface area contributed by atoms with Gasteiger partial charge in [-0.3, -0.25) is 13.8 Å². The van der Waals surface area contributed by atoms with Crippen LogP contribution in [0.1, 0.15) is 194 Å². The number of phosphoric acid groups is 1. The minimum absolute atomic E-state index is 0.0971. The van der Waals surface area contributed by atoms with Crippen LogP contribution in [0.3, 0.4) is 0 Å². The van der Waals surface area contributed by atoms with Gasteiger partial charge in [0.2, 0.25) is 0 Å². The molecule has 2 atom stereocenters. The van der Waals surface area contributed by atoms with Crippen LogP contribution in [-0.2, 0) is 27.9 Å². The lowest BCUT2D eigenvalue weighted by Crippen LogP contribution is -2.28. The molecule has 0 aliphatic rings. The normalized spacial score (nSPS) is 13.9. The van der Waals surface area contributed by atoms with Crippen LogP contribution in [0, 0.1) is 0 Å². The van der Waals surface area contributed by atoms with Gasteiger partial charge in [-0.2, -0.15) is 0 Å². The molecule has 2 unspecified atom stereocenters. The van der Waals surface area contributed by atoms with Crippen LogP contribution in [0.15, 0.2) is 48.6 Å². The largest absolute Gasteiger partial charge is 0.472 e. The van der Waals surface area contributed by atoms with Crippen LogP contribution in [0.4, 0.5) is 0 Å². The summed E-state index contributed by atoms with van der Waals surface area (Å²) in [6, 6.07) is 0. The number of rotatable bonds is 42. The highest BCUT2D eigenvalue weighted by Gasteiger charge is 2.25. The molecule has 316 valence electrons. The Morgan fingerprint density at radius 2 is 1.04 bits per heavy atom. The van der Waals surface area contributed by atoms with Crippen molar-refractivity contribution < 1.29 is 32.8 Å². The number of ether oxygens (including phenoxy) is 2. The van der Waals surface area contributed by atoms with Gasteiger partial charge < -0.3 is 20.1 Å². The predicted molar refractivity (Wildman–Crippen MR) is 229 cm³/mol. The van der Waals surface area contributed by atoms with Gasteiger partial charge in [0.1, 0.15) is 6.10 Å². The standard InChI is InChI=1S/C45H84NO7P/c1-3-5-7-9-11-13-15-17-19-21-23-25-27-29-31-33-35-37-40-50-42-44(43-52-54(48,49)51-41-39-46)53-45(47)38-36-34-32-30-28-26-24-22-20-18-16-14-12-10-8-6-4-2/h5,7,11,13,17-20,44H,3-4,6,8-10,12,14-16,21-43,46H2,1-2H3,(H,48,49)/b7-5-,13-11-,19-17-,20-18-. The van der Waals surface area contributed by atoms with Crippen molar-refractivity contribution in [1.29, 1.82) is 0 Å². The molecule has 0 aromatic heterocycles. The third kappa shape index (κ3) is 41.6. The van der Waals surface area contributed by atoms with Crippen LogP contribution in [0.25, 0.3) is 0 Å². The van der Waals surface area contributed by atoms with Crippen LogP contribution in [-0.4, -0.2) is 49.9 Å². The number of unbranched alkanes of at least 4 members (excludes halogenated alkanes) is 21. The molecule has 0 aromatic carbocycles. The second-order valence-corrected chi connectivity index (χ2v) is 16.0. The zero-order valence-electron chi connectivity index (χ0n) is 35.0. The van der Waals surface area contributed by atoms with E-state index in [0.29, 0.717) is 13.0 Å². The molecule has 3 N–H and O–H groups in total. The summed E-state index contributed by atoms with van der Waals surface area (Å²) in [7, 11) is -4.28. The second kappa shape index (κ2) is 42.6. The average molecular weight is 782 g/mol. The summed E-state index contributed by atoms with van der Waals surface area (Å²) in [4.78, 5) is 22.5. The Labute approximate surface area is 332 Å². The highest BCUT2D eigenvalue weighted by Crippen LogP contribution is 2.43. The minimum atomic E-state index is -4.28. The van der Waals surface area contributed by atoms with E-state index in [9.17, 15) is 14.3 Å². The van der Waals surface area contributed by atoms with Gasteiger partial charge >= 0.3 is 13.8 Å². The smallest absolute Gasteiger partial charge is 0.457 e. The van der Waals surface area contributed by atoms with Crippen molar-refractivity contribution in [1.82, 2.24) is 0 Å². The molecule has 0 spiro atoms. The topological polar surface area (TPSA) is 117 Å². The first-order valence-corrected chi connectivity index (χ1v) is 23.6. The number of nitrogens with two attached hydrogens (primary N) is 1. The van der Waals surface area contributed by atoms with E-state index < -0.39 is 13.9 Å². The molecule has 0 aromatic rings. The fourth-order valence-corrected chi connectivity index (χ4v) is 6.77. The van der Waals surface area contributed by atoms with Crippen LogP contribution in [0.2, 0.25) is 0 Å². The van der Waals surface area contributed by atoms with E-state index in [-0.39, 0.29) is 32.3 Å². The maximum Gasteiger partial charge on any atom is 0.472 e. The number of hydrogen-bond acceptors (Lipinski definition) is 7. The number of carbonyl (C=O) groups excluding carboxylic acids is 1. The van der Waals surface area contributed by atoms with E-state index in [1.807, 2.05) is 0 Å². The first kappa shape index (κ1) is 52.5. The van der Waals surface area contributed by atoms with Gasteiger partial charge in [-0.15, -0.1) is 0 Å². The Morgan fingerprint density at radius 3 is 1.57 bits per heavy atom. The van der Waals surface area contributed by atoms with Gasteiger partial charge in [0.15, 0.2) is 0 Å². The third-order valence-electron chi connectivity index (χ3n) is 9.23. The highest BCUT2D eigenvalue weighted by molar-refractivity contribution is 7.47. The molecule has 0 bridgehead atoms. The first-order valence-electron chi connectivity index (χ1n) is 22.1. The summed E-state index contributed by atoms with van der Waals surface area (Å²) in [5, 5.41) is 0. The van der Waals surface area contributed by atoms with Gasteiger partial charge in [-0.25, -0.2) is 4.57 Å².